The molecule has 64 valence electrons. The number of hydrogen-bond donors (Lipinski definition) is 0. The van der Waals surface area contributed by atoms with Crippen molar-refractivity contribution >= 4 is 6.29 Å². The summed E-state index contributed by atoms with van der Waals surface area (Å²) >= 11 is 0. The van der Waals surface area contributed by atoms with Gasteiger partial charge in [-0.05, 0) is 18.6 Å². The van der Waals surface area contributed by atoms with Gasteiger partial charge in [0.15, 0.2) is 6.29 Å². The van der Waals surface area contributed by atoms with Crippen LogP contribution in [0.3, 0.4) is 0 Å². The number of rotatable bonds is 4. The molecule has 1 aromatic rings. The third kappa shape index (κ3) is 2.43. The fourth-order valence-electron chi connectivity index (χ4n) is 0.811. The Bertz CT molecular complexity index is 243. The Hall–Kier alpha value is -1.22. The number of carbonyl (C=O) groups is 1. The fraction of sp³-hybridized carbons (Fsp3) is 0.333. The van der Waals surface area contributed by atoms with Gasteiger partial charge in [0.2, 0.25) is 0 Å². The summed E-state index contributed by atoms with van der Waals surface area (Å²) < 4.78 is 5.16. The Kier molecular flexibility index (Phi) is 3.41. The van der Waals surface area contributed by atoms with Crippen molar-refractivity contribution in [2.24, 2.45) is 0 Å². The highest BCUT2D eigenvalue weighted by molar-refractivity contribution is 5.71. The van der Waals surface area contributed by atoms with Crippen molar-refractivity contribution in [1.82, 2.24) is 4.98 Å². The quantitative estimate of drug-likeness (QED) is 0.633. The van der Waals surface area contributed by atoms with Gasteiger partial charge in [-0.15, -0.1) is 0 Å². The largest absolute Gasteiger partial charge is 0.377 e. The molecule has 0 N–H and O–H groups in total. The van der Waals surface area contributed by atoms with E-state index in [0.29, 0.717) is 18.9 Å². The maximum atomic E-state index is 10.2. The second kappa shape index (κ2) is 4.62. The molecule has 1 aromatic heterocycles. The van der Waals surface area contributed by atoms with Crippen LogP contribution in [-0.2, 0) is 11.3 Å². The van der Waals surface area contributed by atoms with E-state index in [1.54, 1.807) is 12.3 Å². The number of aromatic nitrogens is 1. The lowest BCUT2D eigenvalue weighted by atomic mass is 10.3. The van der Waals surface area contributed by atoms with Gasteiger partial charge in [0.25, 0.3) is 0 Å². The molecule has 0 spiro atoms. The third-order valence-electron chi connectivity index (χ3n) is 1.44. The zero-order valence-electron chi connectivity index (χ0n) is 6.99. The van der Waals surface area contributed by atoms with E-state index in [-0.39, 0.29) is 0 Å². The highest BCUT2D eigenvalue weighted by Crippen LogP contribution is 2.00. The van der Waals surface area contributed by atoms with Crippen LogP contribution in [0.2, 0.25) is 0 Å². The molecule has 0 aliphatic carbocycles. The van der Waals surface area contributed by atoms with Gasteiger partial charge in [-0.25, -0.2) is 0 Å². The van der Waals surface area contributed by atoms with Gasteiger partial charge in [-0.2, -0.15) is 0 Å². The Morgan fingerprint density at radius 2 is 2.42 bits per heavy atom. The van der Waals surface area contributed by atoms with Crippen molar-refractivity contribution in [1.29, 1.82) is 0 Å². The molecular formula is C9H11NO2. The number of hydrogen-bond acceptors (Lipinski definition) is 3. The van der Waals surface area contributed by atoms with Crippen molar-refractivity contribution < 1.29 is 9.53 Å². The first-order valence-corrected chi connectivity index (χ1v) is 3.84. The number of ether oxygens (including phenoxy) is 1. The predicted octanol–water partition coefficient (Wildman–Crippen LogP) is 1.43. The molecule has 0 aliphatic heterocycles. The fourth-order valence-corrected chi connectivity index (χ4v) is 0.811. The Labute approximate surface area is 71.4 Å². The molecule has 0 saturated carbocycles. The molecular weight excluding hydrogens is 154 g/mol. The van der Waals surface area contributed by atoms with Crippen LogP contribution in [0, 0.1) is 0 Å². The highest BCUT2D eigenvalue weighted by atomic mass is 16.5. The van der Waals surface area contributed by atoms with Crippen molar-refractivity contribution in [2.75, 3.05) is 6.61 Å². The van der Waals surface area contributed by atoms with E-state index in [4.69, 9.17) is 4.74 Å². The minimum Gasteiger partial charge on any atom is -0.377 e. The van der Waals surface area contributed by atoms with Crippen molar-refractivity contribution in [2.45, 2.75) is 13.5 Å². The molecule has 0 bridgehead atoms. The van der Waals surface area contributed by atoms with E-state index in [0.717, 1.165) is 11.8 Å². The molecule has 0 aliphatic rings. The van der Waals surface area contributed by atoms with E-state index in [1.165, 1.54) is 0 Å². The number of nitrogens with zero attached hydrogens (tertiary/aromatic N) is 1. The first-order valence-electron chi connectivity index (χ1n) is 3.84. The van der Waals surface area contributed by atoms with Crippen molar-refractivity contribution in [3.8, 4) is 0 Å². The minimum atomic E-state index is 0.454. The molecule has 0 radical (unpaired) electrons. The van der Waals surface area contributed by atoms with E-state index in [2.05, 4.69) is 4.98 Å². The summed E-state index contributed by atoms with van der Waals surface area (Å²) in [6.07, 6.45) is 2.38. The predicted molar refractivity (Wildman–Crippen MR) is 45.0 cm³/mol. The normalized spacial score (nSPS) is 9.75. The average Bonchev–Trinajstić information content (AvgIpc) is 2.15. The summed E-state index contributed by atoms with van der Waals surface area (Å²) in [5.41, 5.74) is 1.44. The average molecular weight is 165 g/mol. The highest BCUT2D eigenvalue weighted by Gasteiger charge is 1.93. The lowest BCUT2D eigenvalue weighted by Crippen LogP contribution is -1.94. The molecule has 3 nitrogen and oxygen atoms in total. The maximum Gasteiger partial charge on any atom is 0.168 e. The van der Waals surface area contributed by atoms with E-state index < -0.39 is 0 Å². The van der Waals surface area contributed by atoms with Crippen LogP contribution in [-0.4, -0.2) is 17.9 Å². The molecule has 1 heterocycles. The summed E-state index contributed by atoms with van der Waals surface area (Å²) in [6.45, 7) is 3.19. The third-order valence-corrected chi connectivity index (χ3v) is 1.44. The molecule has 0 saturated heterocycles. The summed E-state index contributed by atoms with van der Waals surface area (Å²) in [7, 11) is 0. The Morgan fingerprint density at radius 1 is 1.58 bits per heavy atom. The first-order chi connectivity index (χ1) is 5.86. The van der Waals surface area contributed by atoms with Gasteiger partial charge in [-0.3, -0.25) is 9.78 Å². The van der Waals surface area contributed by atoms with E-state index in [1.807, 2.05) is 13.0 Å². The molecule has 0 atom stereocenters. The van der Waals surface area contributed by atoms with Gasteiger partial charge in [0.1, 0.15) is 5.69 Å². The van der Waals surface area contributed by atoms with Crippen LogP contribution >= 0.6 is 0 Å². The summed E-state index contributed by atoms with van der Waals surface area (Å²) in [4.78, 5) is 14.1. The topological polar surface area (TPSA) is 39.2 Å². The standard InChI is InChI=1S/C9H11NO2/c1-2-12-7-8-3-4-9(6-11)10-5-8/h3-6H,2,7H2,1H3. The van der Waals surface area contributed by atoms with Crippen molar-refractivity contribution in [3.63, 3.8) is 0 Å². The molecule has 0 unspecified atom stereocenters. The second-order valence-corrected chi connectivity index (χ2v) is 2.35. The number of carbonyl (C=O) groups excluding carboxylic acids is 1. The van der Waals surface area contributed by atoms with Crippen LogP contribution in [0.25, 0.3) is 0 Å². The molecule has 0 aromatic carbocycles. The van der Waals surface area contributed by atoms with Crippen molar-refractivity contribution in [3.05, 3.63) is 29.6 Å². The lowest BCUT2D eigenvalue weighted by molar-refractivity contribution is 0.111. The molecule has 0 amide bonds. The van der Waals surface area contributed by atoms with Crippen LogP contribution in [0.4, 0.5) is 0 Å². The molecule has 0 fully saturated rings. The number of aldehydes is 1. The van der Waals surface area contributed by atoms with Crippen LogP contribution in [0.15, 0.2) is 18.3 Å². The first kappa shape index (κ1) is 8.87. The monoisotopic (exact) mass is 165 g/mol. The summed E-state index contributed by atoms with van der Waals surface area (Å²) in [5, 5.41) is 0. The second-order valence-electron chi connectivity index (χ2n) is 2.35. The van der Waals surface area contributed by atoms with Crippen LogP contribution in [0.1, 0.15) is 23.0 Å². The summed E-state index contributed by atoms with van der Waals surface area (Å²) in [6, 6.07) is 3.52. The van der Waals surface area contributed by atoms with Crippen LogP contribution in [0.5, 0.6) is 0 Å². The SMILES string of the molecule is CCOCc1ccc(C=O)nc1. The zero-order chi connectivity index (χ0) is 8.81. The molecule has 12 heavy (non-hydrogen) atoms. The zero-order valence-corrected chi connectivity index (χ0v) is 6.99. The lowest BCUT2D eigenvalue weighted by Gasteiger charge is -1.99. The van der Waals surface area contributed by atoms with E-state index in [9.17, 15) is 4.79 Å². The van der Waals surface area contributed by atoms with Gasteiger partial charge in [0, 0.05) is 12.8 Å². The van der Waals surface area contributed by atoms with Gasteiger partial charge >= 0.3 is 0 Å². The van der Waals surface area contributed by atoms with Crippen LogP contribution < -0.4 is 0 Å². The van der Waals surface area contributed by atoms with Gasteiger partial charge in [-0.1, -0.05) is 6.07 Å². The molecule has 3 heteroatoms. The Morgan fingerprint density at radius 3 is 2.92 bits per heavy atom. The van der Waals surface area contributed by atoms with Gasteiger partial charge < -0.3 is 4.74 Å². The maximum absolute atomic E-state index is 10.2. The Balaban J connectivity index is 2.58. The van der Waals surface area contributed by atoms with E-state index >= 15 is 0 Å². The minimum absolute atomic E-state index is 0.454. The molecule has 1 rings (SSSR count). The summed E-state index contributed by atoms with van der Waals surface area (Å²) in [5.74, 6) is 0. The van der Waals surface area contributed by atoms with Gasteiger partial charge in [0.05, 0.1) is 6.61 Å². The smallest absolute Gasteiger partial charge is 0.168 e. The number of pyridine rings is 1.